The molecule has 0 fully saturated rings. The molecule has 6 nitrogen and oxygen atoms in total. The molecule has 0 aliphatic heterocycles. The smallest absolute Gasteiger partial charge is 0.242 e. The Labute approximate surface area is 119 Å². The number of hydrogen-bond acceptors (Lipinski definition) is 5. The van der Waals surface area contributed by atoms with Crippen molar-refractivity contribution in [3.63, 3.8) is 0 Å². The molecule has 3 N–H and O–H groups in total. The molecule has 0 unspecified atom stereocenters. The first-order chi connectivity index (χ1) is 8.99. The van der Waals surface area contributed by atoms with E-state index in [1.807, 2.05) is 0 Å². The standard InChI is InChI=1S/C11H9Cl2N5O/c1-5(19)15-10-9(17-18-11(14)16-10)6-3-2-4-7(12)8(6)13/h2-4H,1H3,(H3,14,15,16,18,19). The number of nitrogens with zero attached hydrogens (tertiary/aromatic N) is 3. The monoisotopic (exact) mass is 297 g/mol. The van der Waals surface area contributed by atoms with Gasteiger partial charge in [0.1, 0.15) is 5.69 Å². The predicted octanol–water partition coefficient (Wildman–Crippen LogP) is 2.39. The molecule has 1 amide bonds. The average Bonchev–Trinajstić information content (AvgIpc) is 2.33. The summed E-state index contributed by atoms with van der Waals surface area (Å²) in [5, 5.41) is 10.8. The normalized spacial score (nSPS) is 10.3. The number of rotatable bonds is 2. The van der Waals surface area contributed by atoms with Crippen LogP contribution in [0.5, 0.6) is 0 Å². The molecule has 0 saturated carbocycles. The lowest BCUT2D eigenvalue weighted by Crippen LogP contribution is -2.12. The van der Waals surface area contributed by atoms with Gasteiger partial charge < -0.3 is 11.1 Å². The number of benzene rings is 1. The van der Waals surface area contributed by atoms with Crippen LogP contribution in [0.1, 0.15) is 6.92 Å². The van der Waals surface area contributed by atoms with Crippen LogP contribution in [0, 0.1) is 0 Å². The zero-order chi connectivity index (χ0) is 14.0. The molecule has 2 aromatic rings. The number of hydrogen-bond donors (Lipinski definition) is 2. The van der Waals surface area contributed by atoms with Crippen LogP contribution in [0.2, 0.25) is 10.0 Å². The number of amides is 1. The summed E-state index contributed by atoms with van der Waals surface area (Å²) in [4.78, 5) is 15.1. The summed E-state index contributed by atoms with van der Waals surface area (Å²) in [7, 11) is 0. The van der Waals surface area contributed by atoms with Gasteiger partial charge in [-0.2, -0.15) is 4.98 Å². The van der Waals surface area contributed by atoms with Crippen LogP contribution in [-0.4, -0.2) is 21.1 Å². The molecular weight excluding hydrogens is 289 g/mol. The van der Waals surface area contributed by atoms with Crippen molar-refractivity contribution in [1.29, 1.82) is 0 Å². The quantitative estimate of drug-likeness (QED) is 0.887. The lowest BCUT2D eigenvalue weighted by atomic mass is 10.1. The van der Waals surface area contributed by atoms with E-state index in [2.05, 4.69) is 20.5 Å². The van der Waals surface area contributed by atoms with E-state index in [0.29, 0.717) is 21.3 Å². The van der Waals surface area contributed by atoms with E-state index in [9.17, 15) is 4.79 Å². The summed E-state index contributed by atoms with van der Waals surface area (Å²) in [6, 6.07) is 5.05. The molecule has 0 aliphatic rings. The minimum atomic E-state index is -0.306. The van der Waals surface area contributed by atoms with E-state index in [1.165, 1.54) is 6.92 Å². The fourth-order valence-electron chi connectivity index (χ4n) is 1.46. The van der Waals surface area contributed by atoms with Gasteiger partial charge in [-0.05, 0) is 6.07 Å². The number of nitrogens with two attached hydrogens (primary N) is 1. The molecule has 0 radical (unpaired) electrons. The van der Waals surface area contributed by atoms with Gasteiger partial charge in [-0.25, -0.2) is 0 Å². The van der Waals surface area contributed by atoms with Crippen molar-refractivity contribution in [3.8, 4) is 11.3 Å². The fourth-order valence-corrected chi connectivity index (χ4v) is 1.85. The van der Waals surface area contributed by atoms with Crippen LogP contribution >= 0.6 is 23.2 Å². The number of carbonyl (C=O) groups excluding carboxylic acids is 1. The van der Waals surface area contributed by atoms with Gasteiger partial charge in [0.15, 0.2) is 5.82 Å². The zero-order valence-electron chi connectivity index (χ0n) is 9.82. The summed E-state index contributed by atoms with van der Waals surface area (Å²) in [6.07, 6.45) is 0. The van der Waals surface area contributed by atoms with Crippen LogP contribution < -0.4 is 11.1 Å². The molecule has 1 aromatic carbocycles. The minimum Gasteiger partial charge on any atom is -0.366 e. The Balaban J connectivity index is 2.61. The Morgan fingerprint density at radius 2 is 2.05 bits per heavy atom. The van der Waals surface area contributed by atoms with Gasteiger partial charge in [-0.15, -0.1) is 10.2 Å². The molecule has 19 heavy (non-hydrogen) atoms. The van der Waals surface area contributed by atoms with Crippen molar-refractivity contribution < 1.29 is 4.79 Å². The Morgan fingerprint density at radius 3 is 2.74 bits per heavy atom. The van der Waals surface area contributed by atoms with Crippen LogP contribution in [0.4, 0.5) is 11.8 Å². The molecule has 0 saturated heterocycles. The first-order valence-electron chi connectivity index (χ1n) is 5.21. The molecule has 0 bridgehead atoms. The Bertz CT molecular complexity index is 647. The second-order valence-electron chi connectivity index (χ2n) is 3.65. The number of aromatic nitrogens is 3. The molecule has 8 heteroatoms. The molecule has 0 aliphatic carbocycles. The van der Waals surface area contributed by atoms with Crippen molar-refractivity contribution >= 4 is 40.9 Å². The summed E-state index contributed by atoms with van der Waals surface area (Å²) in [5.74, 6) is -0.172. The number of carbonyl (C=O) groups is 1. The van der Waals surface area contributed by atoms with Crippen molar-refractivity contribution in [2.75, 3.05) is 11.1 Å². The highest BCUT2D eigenvalue weighted by atomic mass is 35.5. The highest BCUT2D eigenvalue weighted by Crippen LogP contribution is 2.34. The van der Waals surface area contributed by atoms with E-state index in [1.54, 1.807) is 18.2 Å². The molecule has 1 aromatic heterocycles. The predicted molar refractivity (Wildman–Crippen MR) is 74.0 cm³/mol. The highest BCUT2D eigenvalue weighted by molar-refractivity contribution is 6.43. The summed E-state index contributed by atoms with van der Waals surface area (Å²) >= 11 is 12.0. The third-order valence-corrected chi connectivity index (χ3v) is 3.02. The van der Waals surface area contributed by atoms with Gasteiger partial charge in [0.25, 0.3) is 0 Å². The minimum absolute atomic E-state index is 0.0503. The van der Waals surface area contributed by atoms with Gasteiger partial charge in [-0.3, -0.25) is 4.79 Å². The second-order valence-corrected chi connectivity index (χ2v) is 4.43. The van der Waals surface area contributed by atoms with Crippen molar-refractivity contribution in [1.82, 2.24) is 15.2 Å². The molecular formula is C11H9Cl2N5O. The number of halogens is 2. The number of anilines is 2. The van der Waals surface area contributed by atoms with E-state index in [0.717, 1.165) is 0 Å². The third-order valence-electron chi connectivity index (χ3n) is 2.20. The van der Waals surface area contributed by atoms with Crippen molar-refractivity contribution in [2.45, 2.75) is 6.92 Å². The van der Waals surface area contributed by atoms with Crippen LogP contribution in [0.15, 0.2) is 18.2 Å². The molecule has 0 atom stereocenters. The van der Waals surface area contributed by atoms with Gasteiger partial charge in [0.2, 0.25) is 11.9 Å². The molecule has 98 valence electrons. The first-order valence-corrected chi connectivity index (χ1v) is 5.97. The number of nitrogens with one attached hydrogen (secondary N) is 1. The number of nitrogen functional groups attached to an aromatic ring is 1. The Kier molecular flexibility index (Phi) is 3.82. The SMILES string of the molecule is CC(=O)Nc1nc(N)nnc1-c1cccc(Cl)c1Cl. The van der Waals surface area contributed by atoms with Crippen LogP contribution in [0.3, 0.4) is 0 Å². The fraction of sp³-hybridized carbons (Fsp3) is 0.0909. The highest BCUT2D eigenvalue weighted by Gasteiger charge is 2.15. The van der Waals surface area contributed by atoms with Crippen LogP contribution in [0.25, 0.3) is 11.3 Å². The molecule has 0 spiro atoms. The van der Waals surface area contributed by atoms with Crippen molar-refractivity contribution in [2.24, 2.45) is 0 Å². The lowest BCUT2D eigenvalue weighted by molar-refractivity contribution is -0.114. The van der Waals surface area contributed by atoms with E-state index in [-0.39, 0.29) is 17.7 Å². The van der Waals surface area contributed by atoms with E-state index in [4.69, 9.17) is 28.9 Å². The van der Waals surface area contributed by atoms with E-state index >= 15 is 0 Å². The van der Waals surface area contributed by atoms with Gasteiger partial charge in [0.05, 0.1) is 10.0 Å². The average molecular weight is 298 g/mol. The maximum absolute atomic E-state index is 11.2. The maximum Gasteiger partial charge on any atom is 0.242 e. The summed E-state index contributed by atoms with van der Waals surface area (Å²) < 4.78 is 0. The van der Waals surface area contributed by atoms with Gasteiger partial charge in [-0.1, -0.05) is 35.3 Å². The summed E-state index contributed by atoms with van der Waals surface area (Å²) in [6.45, 7) is 1.35. The Morgan fingerprint density at radius 1 is 1.32 bits per heavy atom. The molecule has 2 rings (SSSR count). The summed E-state index contributed by atoms with van der Waals surface area (Å²) in [5.41, 5.74) is 6.27. The first kappa shape index (κ1) is 13.5. The maximum atomic E-state index is 11.2. The van der Waals surface area contributed by atoms with E-state index < -0.39 is 0 Å². The molecule has 1 heterocycles. The third kappa shape index (κ3) is 2.91. The lowest BCUT2D eigenvalue weighted by Gasteiger charge is -2.09. The second kappa shape index (κ2) is 5.38. The van der Waals surface area contributed by atoms with Gasteiger partial charge in [0, 0.05) is 12.5 Å². The Hall–Kier alpha value is -1.92. The largest absolute Gasteiger partial charge is 0.366 e. The zero-order valence-corrected chi connectivity index (χ0v) is 11.3. The topological polar surface area (TPSA) is 93.8 Å². The van der Waals surface area contributed by atoms with Gasteiger partial charge >= 0.3 is 0 Å². The van der Waals surface area contributed by atoms with Crippen molar-refractivity contribution in [3.05, 3.63) is 28.2 Å². The van der Waals surface area contributed by atoms with Crippen LogP contribution in [-0.2, 0) is 4.79 Å².